The summed E-state index contributed by atoms with van der Waals surface area (Å²) in [5.41, 5.74) is 1.38. The van der Waals surface area contributed by atoms with E-state index >= 15 is 0 Å². The molecular formula is C34H46ClN5O8S. The number of carbonyl (C=O) groups excluding carboxylic acids is 2. The van der Waals surface area contributed by atoms with Crippen LogP contribution in [0.15, 0.2) is 51.9 Å². The van der Waals surface area contributed by atoms with Crippen molar-refractivity contribution in [3.63, 3.8) is 0 Å². The van der Waals surface area contributed by atoms with Crippen molar-refractivity contribution >= 4 is 44.9 Å². The van der Waals surface area contributed by atoms with Crippen LogP contribution >= 0.6 is 11.6 Å². The Morgan fingerprint density at radius 3 is 2.53 bits per heavy atom. The van der Waals surface area contributed by atoms with Crippen LogP contribution in [0.4, 0.5) is 16.2 Å². The number of anilines is 2. The number of carbonyl (C=O) groups is 2. The zero-order valence-corrected chi connectivity index (χ0v) is 30.3. The minimum Gasteiger partial charge on any atom is -0.490 e. The molecule has 0 saturated heterocycles. The Labute approximate surface area is 292 Å². The Hall–Kier alpha value is -3.85. The first-order chi connectivity index (χ1) is 23.2. The summed E-state index contributed by atoms with van der Waals surface area (Å²) in [6.07, 6.45) is 1.50. The highest BCUT2D eigenvalue weighted by atomic mass is 35.5. The number of aliphatic hydroxyl groups is 1. The molecule has 4 atom stereocenters. The lowest BCUT2D eigenvalue weighted by molar-refractivity contribution is -0.0115. The van der Waals surface area contributed by atoms with Crippen LogP contribution in [-0.2, 0) is 14.8 Å². The van der Waals surface area contributed by atoms with Crippen LogP contribution in [0, 0.1) is 19.8 Å². The molecule has 15 heteroatoms. The van der Waals surface area contributed by atoms with E-state index < -0.39 is 28.1 Å². The number of aliphatic hydroxyl groups excluding tert-OH is 1. The van der Waals surface area contributed by atoms with Crippen LogP contribution in [0.3, 0.4) is 0 Å². The van der Waals surface area contributed by atoms with E-state index in [0.717, 1.165) is 12.8 Å². The molecule has 13 nitrogen and oxygen atoms in total. The maximum absolute atomic E-state index is 14.4. The Morgan fingerprint density at radius 2 is 1.88 bits per heavy atom. The molecule has 0 bridgehead atoms. The van der Waals surface area contributed by atoms with Gasteiger partial charge in [-0.15, -0.1) is 0 Å². The molecule has 49 heavy (non-hydrogen) atoms. The lowest BCUT2D eigenvalue weighted by atomic mass is 10.0. The number of rotatable bonds is 8. The van der Waals surface area contributed by atoms with Gasteiger partial charge in [0.05, 0.1) is 35.3 Å². The van der Waals surface area contributed by atoms with Gasteiger partial charge in [0, 0.05) is 43.4 Å². The third kappa shape index (κ3) is 9.87. The Bertz CT molecular complexity index is 1680. The summed E-state index contributed by atoms with van der Waals surface area (Å²) in [4.78, 5) is 30.6. The van der Waals surface area contributed by atoms with Crippen molar-refractivity contribution in [2.75, 3.05) is 43.4 Å². The van der Waals surface area contributed by atoms with Crippen molar-refractivity contribution in [2.45, 2.75) is 77.0 Å². The number of hydrogen-bond donors (Lipinski definition) is 3. The van der Waals surface area contributed by atoms with Gasteiger partial charge in [-0.25, -0.2) is 13.2 Å². The first-order valence-electron chi connectivity index (χ1n) is 16.3. The molecule has 1 aliphatic heterocycles. The number of nitrogens with one attached hydrogen (secondary N) is 2. The summed E-state index contributed by atoms with van der Waals surface area (Å²) >= 11 is 5.95. The molecule has 0 saturated carbocycles. The maximum atomic E-state index is 14.4. The molecule has 2 heterocycles. The van der Waals surface area contributed by atoms with Crippen molar-refractivity contribution in [1.29, 1.82) is 0 Å². The quantitative estimate of drug-likeness (QED) is 0.265. The normalized spacial score (nSPS) is 20.0. The van der Waals surface area contributed by atoms with Crippen molar-refractivity contribution in [3.8, 4) is 5.75 Å². The number of likely N-dealkylation sites (N-methyl/N-ethyl adjacent to an activating group) is 1. The fourth-order valence-electron chi connectivity index (χ4n) is 5.49. The molecule has 4 rings (SSSR count). The summed E-state index contributed by atoms with van der Waals surface area (Å²) in [7, 11) is -2.34. The number of halogens is 1. The van der Waals surface area contributed by atoms with E-state index in [4.69, 9.17) is 25.6 Å². The van der Waals surface area contributed by atoms with Gasteiger partial charge in [-0.1, -0.05) is 23.7 Å². The number of aryl methyl sites for hydroxylation is 2. The molecule has 3 N–H and O–H groups in total. The number of aromatic nitrogens is 1. The highest BCUT2D eigenvalue weighted by Gasteiger charge is 2.31. The van der Waals surface area contributed by atoms with Gasteiger partial charge in [0.25, 0.3) is 15.9 Å². The molecule has 1 aliphatic rings. The van der Waals surface area contributed by atoms with Crippen molar-refractivity contribution in [1.82, 2.24) is 15.0 Å². The topological polar surface area (TPSA) is 164 Å². The SMILES string of the molecule is Cc1noc(C)c1NC(=O)N(C)C[C@H]1OCCCC[C@@H](C)Oc2ccc(NS(=O)(=O)c3ccc(Cl)cc3)cc2C(=O)N([C@H](C)CO)C[C@@H]1C. The zero-order chi connectivity index (χ0) is 35.9. The maximum Gasteiger partial charge on any atom is 0.321 e. The first kappa shape index (κ1) is 38.0. The summed E-state index contributed by atoms with van der Waals surface area (Å²) in [5.74, 6) is 0.0530. The van der Waals surface area contributed by atoms with Crippen LogP contribution < -0.4 is 14.8 Å². The van der Waals surface area contributed by atoms with Crippen LogP contribution in [-0.4, -0.2) is 92.0 Å². The molecule has 0 radical (unpaired) electrons. The number of fused-ring (bicyclic) bond motifs is 1. The number of ether oxygens (including phenoxy) is 2. The van der Waals surface area contributed by atoms with Gasteiger partial charge in [-0.3, -0.25) is 9.52 Å². The zero-order valence-electron chi connectivity index (χ0n) is 28.7. The van der Waals surface area contributed by atoms with Crippen LogP contribution in [0.25, 0.3) is 0 Å². The Balaban J connectivity index is 1.63. The number of urea groups is 1. The fourth-order valence-corrected chi connectivity index (χ4v) is 6.67. The minimum atomic E-state index is -4.00. The van der Waals surface area contributed by atoms with Crippen LogP contribution in [0.2, 0.25) is 5.02 Å². The molecule has 2 aromatic carbocycles. The second kappa shape index (κ2) is 16.7. The predicted octanol–water partition coefficient (Wildman–Crippen LogP) is 5.71. The fraction of sp³-hybridized carbons (Fsp3) is 0.500. The Kier molecular flexibility index (Phi) is 12.9. The average molecular weight is 720 g/mol. The molecule has 0 fully saturated rings. The van der Waals surface area contributed by atoms with Gasteiger partial charge in [0.1, 0.15) is 17.1 Å². The van der Waals surface area contributed by atoms with E-state index in [1.54, 1.807) is 40.0 Å². The van der Waals surface area contributed by atoms with E-state index in [-0.39, 0.29) is 53.9 Å². The third-order valence-corrected chi connectivity index (χ3v) is 10.1. The third-order valence-electron chi connectivity index (χ3n) is 8.49. The van der Waals surface area contributed by atoms with Gasteiger partial charge < -0.3 is 34.2 Å². The van der Waals surface area contributed by atoms with Gasteiger partial charge >= 0.3 is 6.03 Å². The molecule has 1 aromatic heterocycles. The number of hydrogen-bond acceptors (Lipinski definition) is 9. The van der Waals surface area contributed by atoms with E-state index in [1.807, 2.05) is 13.8 Å². The number of nitrogens with zero attached hydrogens (tertiary/aromatic N) is 3. The molecule has 0 spiro atoms. The molecule has 268 valence electrons. The molecule has 3 amide bonds. The molecule has 0 unspecified atom stereocenters. The van der Waals surface area contributed by atoms with Gasteiger partial charge in [0.15, 0.2) is 5.76 Å². The monoisotopic (exact) mass is 719 g/mol. The number of benzene rings is 2. The van der Waals surface area contributed by atoms with Gasteiger partial charge in [0.2, 0.25) is 0 Å². The van der Waals surface area contributed by atoms with Crippen molar-refractivity contribution in [2.24, 2.45) is 5.92 Å². The first-order valence-corrected chi connectivity index (χ1v) is 18.1. The van der Waals surface area contributed by atoms with E-state index in [9.17, 15) is 23.1 Å². The second-order valence-corrected chi connectivity index (χ2v) is 14.7. The second-order valence-electron chi connectivity index (χ2n) is 12.6. The molecule has 0 aliphatic carbocycles. The number of amides is 3. The van der Waals surface area contributed by atoms with Crippen LogP contribution in [0.5, 0.6) is 5.75 Å². The summed E-state index contributed by atoms with van der Waals surface area (Å²) in [6, 6.07) is 9.35. The minimum absolute atomic E-state index is 0.00827. The average Bonchev–Trinajstić information content (AvgIpc) is 3.38. The standard InChI is InChI=1S/C34H46ClN5O8S/c1-21-18-40(22(2)20-41)33(42)29-17-27(38-49(44,45)28-13-10-26(35)11-14-28)12-15-30(29)47-23(3)9-7-8-16-46-31(21)19-39(6)34(43)36-32-24(4)37-48-25(32)5/h10-15,17,21-23,31,38,41H,7-9,16,18-20H2,1-6H3,(H,36,43)/t21-,22+,23+,31+/m0/s1. The summed E-state index contributed by atoms with van der Waals surface area (Å²) < 4.78 is 46.7. The van der Waals surface area contributed by atoms with Gasteiger partial charge in [-0.05, 0) is 89.4 Å². The van der Waals surface area contributed by atoms with Gasteiger partial charge in [-0.2, -0.15) is 0 Å². The predicted molar refractivity (Wildman–Crippen MR) is 187 cm³/mol. The largest absolute Gasteiger partial charge is 0.490 e. The van der Waals surface area contributed by atoms with E-state index in [2.05, 4.69) is 15.2 Å². The highest BCUT2D eigenvalue weighted by Crippen LogP contribution is 2.30. The summed E-state index contributed by atoms with van der Waals surface area (Å²) in [6.45, 7) is 9.53. The Morgan fingerprint density at radius 1 is 1.16 bits per heavy atom. The number of sulfonamides is 1. The molecular weight excluding hydrogens is 674 g/mol. The van der Waals surface area contributed by atoms with Crippen molar-refractivity contribution in [3.05, 3.63) is 64.5 Å². The molecule has 3 aromatic rings. The van der Waals surface area contributed by atoms with E-state index in [0.29, 0.717) is 40.9 Å². The van der Waals surface area contributed by atoms with Crippen molar-refractivity contribution < 1.29 is 37.1 Å². The van der Waals surface area contributed by atoms with E-state index in [1.165, 1.54) is 40.1 Å². The lowest BCUT2D eigenvalue weighted by Crippen LogP contribution is -2.48. The smallest absolute Gasteiger partial charge is 0.321 e. The highest BCUT2D eigenvalue weighted by molar-refractivity contribution is 7.92. The lowest BCUT2D eigenvalue weighted by Gasteiger charge is -2.35. The van der Waals surface area contributed by atoms with Crippen LogP contribution in [0.1, 0.15) is 61.8 Å². The summed E-state index contributed by atoms with van der Waals surface area (Å²) in [5, 5.41) is 17.4.